The van der Waals surface area contributed by atoms with Crippen LogP contribution >= 0.6 is 0 Å². The second kappa shape index (κ2) is 7.17. The van der Waals surface area contributed by atoms with E-state index in [0.29, 0.717) is 11.3 Å². The van der Waals surface area contributed by atoms with Gasteiger partial charge in [-0.15, -0.1) is 0 Å². The molecular weight excluding hydrogens is 296 g/mol. The van der Waals surface area contributed by atoms with Crippen LogP contribution in [0.25, 0.3) is 0 Å². The van der Waals surface area contributed by atoms with Crippen molar-refractivity contribution in [3.8, 4) is 0 Å². The number of allylic oxidation sites excluding steroid dienone is 3. The number of nitrogens with zero attached hydrogens (tertiary/aromatic N) is 1. The van der Waals surface area contributed by atoms with Crippen molar-refractivity contribution in [2.24, 2.45) is 5.10 Å². The summed E-state index contributed by atoms with van der Waals surface area (Å²) in [5.74, 6) is -1.47. The third kappa shape index (κ3) is 4.13. The highest BCUT2D eigenvalue weighted by atomic mass is 16.2. The number of anilines is 1. The third-order valence-electron chi connectivity index (χ3n) is 3.10. The molecule has 0 radical (unpaired) electrons. The lowest BCUT2D eigenvalue weighted by Gasteiger charge is -2.14. The molecule has 23 heavy (non-hydrogen) atoms. The Kier molecular flexibility index (Phi) is 5.03. The minimum atomic E-state index is -0.824. The molecule has 1 aliphatic rings. The zero-order valence-electron chi connectivity index (χ0n) is 12.7. The molecule has 0 unspecified atom stereocenters. The number of carbonyl (C=O) groups excluding carboxylic acids is 3. The normalized spacial score (nSPS) is 15.9. The van der Waals surface area contributed by atoms with Crippen LogP contribution in [0.4, 0.5) is 10.5 Å². The van der Waals surface area contributed by atoms with Gasteiger partial charge in [0.25, 0.3) is 11.8 Å². The molecule has 2 rings (SSSR count). The summed E-state index contributed by atoms with van der Waals surface area (Å²) >= 11 is 0. The van der Waals surface area contributed by atoms with Crippen LogP contribution in [0.5, 0.6) is 0 Å². The molecule has 0 aromatic heterocycles. The number of para-hydroxylation sites is 1. The smallest absolute Gasteiger partial charge is 0.278 e. The molecule has 3 N–H and O–H groups in total. The van der Waals surface area contributed by atoms with E-state index in [1.807, 2.05) is 41.0 Å². The zero-order valence-corrected chi connectivity index (χ0v) is 12.7. The number of imide groups is 2. The first-order valence-corrected chi connectivity index (χ1v) is 6.91. The minimum Gasteiger partial charge on any atom is -0.278 e. The van der Waals surface area contributed by atoms with E-state index in [2.05, 4.69) is 10.5 Å². The van der Waals surface area contributed by atoms with Crippen molar-refractivity contribution >= 4 is 29.2 Å². The summed E-state index contributed by atoms with van der Waals surface area (Å²) in [4.78, 5) is 34.5. The molecule has 1 aromatic carbocycles. The molecule has 4 amide bonds. The van der Waals surface area contributed by atoms with Gasteiger partial charge in [0.2, 0.25) is 0 Å². The van der Waals surface area contributed by atoms with Crippen molar-refractivity contribution in [1.82, 2.24) is 10.6 Å². The molecule has 1 fully saturated rings. The number of nitrogens with one attached hydrogen (secondary N) is 3. The maximum Gasteiger partial charge on any atom is 0.328 e. The van der Waals surface area contributed by atoms with Crippen LogP contribution in [0.2, 0.25) is 0 Å². The van der Waals surface area contributed by atoms with E-state index in [1.165, 1.54) is 6.08 Å². The van der Waals surface area contributed by atoms with Crippen molar-refractivity contribution in [2.75, 3.05) is 5.43 Å². The first-order valence-electron chi connectivity index (χ1n) is 6.91. The molecular formula is C16H16N4O3. The van der Waals surface area contributed by atoms with Gasteiger partial charge in [-0.25, -0.2) is 4.79 Å². The fraction of sp³-hybridized carbons (Fsp3) is 0.125. The number of rotatable bonds is 4. The molecule has 1 saturated heterocycles. The summed E-state index contributed by atoms with van der Waals surface area (Å²) in [5.41, 5.74) is 4.73. The third-order valence-corrected chi connectivity index (χ3v) is 3.10. The van der Waals surface area contributed by atoms with Gasteiger partial charge in [-0.05, 0) is 37.6 Å². The van der Waals surface area contributed by atoms with Gasteiger partial charge in [0.15, 0.2) is 0 Å². The second-order valence-corrected chi connectivity index (χ2v) is 4.71. The Balaban J connectivity index is 2.19. The van der Waals surface area contributed by atoms with Gasteiger partial charge in [-0.3, -0.25) is 25.6 Å². The zero-order chi connectivity index (χ0) is 16.8. The number of barbiturate groups is 1. The molecule has 1 heterocycles. The summed E-state index contributed by atoms with van der Waals surface area (Å²) in [7, 11) is 0. The van der Waals surface area contributed by atoms with Crippen molar-refractivity contribution < 1.29 is 14.4 Å². The van der Waals surface area contributed by atoms with E-state index < -0.39 is 17.8 Å². The molecule has 7 nitrogen and oxygen atoms in total. The molecule has 0 spiro atoms. The summed E-state index contributed by atoms with van der Waals surface area (Å²) in [6, 6.07) is 8.54. The van der Waals surface area contributed by atoms with Gasteiger partial charge in [-0.2, -0.15) is 5.10 Å². The monoisotopic (exact) mass is 312 g/mol. The molecule has 1 aliphatic heterocycles. The van der Waals surface area contributed by atoms with Gasteiger partial charge in [0.1, 0.15) is 5.57 Å². The van der Waals surface area contributed by atoms with E-state index in [-0.39, 0.29) is 5.57 Å². The van der Waals surface area contributed by atoms with E-state index in [0.717, 1.165) is 5.69 Å². The molecule has 1 aromatic rings. The van der Waals surface area contributed by atoms with Crippen LogP contribution in [-0.4, -0.2) is 23.6 Å². The van der Waals surface area contributed by atoms with Crippen LogP contribution in [0.3, 0.4) is 0 Å². The lowest BCUT2D eigenvalue weighted by molar-refractivity contribution is -0.124. The largest absolute Gasteiger partial charge is 0.328 e. The number of hydrogen-bond donors (Lipinski definition) is 3. The predicted molar refractivity (Wildman–Crippen MR) is 86.7 cm³/mol. The van der Waals surface area contributed by atoms with E-state index in [9.17, 15) is 14.4 Å². The van der Waals surface area contributed by atoms with Crippen LogP contribution in [-0.2, 0) is 9.59 Å². The van der Waals surface area contributed by atoms with E-state index >= 15 is 0 Å². The van der Waals surface area contributed by atoms with Crippen molar-refractivity contribution in [3.05, 3.63) is 53.6 Å². The fourth-order valence-corrected chi connectivity index (χ4v) is 1.88. The number of amides is 4. The Morgan fingerprint density at radius 3 is 2.26 bits per heavy atom. The maximum absolute atomic E-state index is 11.7. The quantitative estimate of drug-likeness (QED) is 0.341. The highest BCUT2D eigenvalue weighted by Crippen LogP contribution is 2.10. The Morgan fingerprint density at radius 1 is 1.09 bits per heavy atom. The average Bonchev–Trinajstić information content (AvgIpc) is 2.53. The van der Waals surface area contributed by atoms with E-state index in [4.69, 9.17) is 0 Å². The summed E-state index contributed by atoms with van der Waals surface area (Å²) < 4.78 is 0. The van der Waals surface area contributed by atoms with Gasteiger partial charge in [0.05, 0.1) is 11.4 Å². The molecule has 0 atom stereocenters. The van der Waals surface area contributed by atoms with Crippen LogP contribution < -0.4 is 16.1 Å². The maximum atomic E-state index is 11.7. The number of carbonyl (C=O) groups is 3. The average molecular weight is 312 g/mol. The minimum absolute atomic E-state index is 0.146. The number of hydrazone groups is 1. The molecule has 0 bridgehead atoms. The Hall–Kier alpha value is -3.22. The van der Waals surface area contributed by atoms with Gasteiger partial charge in [0, 0.05) is 0 Å². The highest BCUT2D eigenvalue weighted by Gasteiger charge is 2.27. The van der Waals surface area contributed by atoms with Crippen LogP contribution in [0.15, 0.2) is 58.7 Å². The van der Waals surface area contributed by atoms with Crippen molar-refractivity contribution in [2.45, 2.75) is 13.8 Å². The molecule has 118 valence electrons. The first-order chi connectivity index (χ1) is 11.0. The number of benzene rings is 1. The van der Waals surface area contributed by atoms with Gasteiger partial charge in [-0.1, -0.05) is 24.3 Å². The first kappa shape index (κ1) is 16.2. The lowest BCUT2D eigenvalue weighted by Crippen LogP contribution is -2.51. The topological polar surface area (TPSA) is 99.7 Å². The Bertz CT molecular complexity index is 711. The Labute approximate surface area is 133 Å². The van der Waals surface area contributed by atoms with Gasteiger partial charge >= 0.3 is 6.03 Å². The van der Waals surface area contributed by atoms with E-state index in [1.54, 1.807) is 19.9 Å². The fourth-order valence-electron chi connectivity index (χ4n) is 1.88. The number of urea groups is 1. The van der Waals surface area contributed by atoms with Crippen molar-refractivity contribution in [3.63, 3.8) is 0 Å². The van der Waals surface area contributed by atoms with Crippen LogP contribution in [0.1, 0.15) is 13.8 Å². The van der Waals surface area contributed by atoms with Crippen LogP contribution in [0, 0.1) is 0 Å². The highest BCUT2D eigenvalue weighted by molar-refractivity contribution is 6.29. The molecule has 7 heteroatoms. The Morgan fingerprint density at radius 2 is 1.70 bits per heavy atom. The van der Waals surface area contributed by atoms with Gasteiger partial charge < -0.3 is 0 Å². The van der Waals surface area contributed by atoms with Crippen molar-refractivity contribution in [1.29, 1.82) is 0 Å². The lowest BCUT2D eigenvalue weighted by atomic mass is 10.1. The summed E-state index contributed by atoms with van der Waals surface area (Å²) in [6.07, 6.45) is 3.11. The number of hydrogen-bond acceptors (Lipinski definition) is 5. The summed E-state index contributed by atoms with van der Waals surface area (Å²) in [5, 5.41) is 8.27. The SMILES string of the molecule is CC=C(C=C1C(=O)NC(=O)NC1=O)C(C)=NNc1ccccc1. The standard InChI is InChI=1S/C16H16N4O3/c1-3-11(9-13-14(21)17-16(23)18-15(13)22)10(2)19-20-12-7-5-4-6-8-12/h3-9,20H,1-2H3,(H2,17,18,21,22,23). The molecule has 0 aliphatic carbocycles. The molecule has 0 saturated carbocycles. The second-order valence-electron chi connectivity index (χ2n) is 4.71. The summed E-state index contributed by atoms with van der Waals surface area (Å²) in [6.45, 7) is 3.50. The predicted octanol–water partition coefficient (Wildman–Crippen LogP) is 1.71.